The highest BCUT2D eigenvalue weighted by Crippen LogP contribution is 2.31. The molecule has 0 saturated carbocycles. The smallest absolute Gasteiger partial charge is 0.320 e. The van der Waals surface area contributed by atoms with Crippen LogP contribution in [0.15, 0.2) is 60.7 Å². The van der Waals surface area contributed by atoms with Crippen LogP contribution in [0.3, 0.4) is 0 Å². The zero-order valence-corrected chi connectivity index (χ0v) is 13.7. The Bertz CT molecular complexity index is 602. The number of carbonyl (C=O) groups excluding carboxylic acids is 1. The molecule has 0 radical (unpaired) electrons. The van der Waals surface area contributed by atoms with Crippen molar-refractivity contribution >= 4 is 52.2 Å². The van der Waals surface area contributed by atoms with E-state index in [9.17, 15) is 4.79 Å². The normalized spacial score (nSPS) is 12.3. The molecule has 0 fully saturated rings. The van der Waals surface area contributed by atoms with Crippen molar-refractivity contribution in [1.29, 1.82) is 0 Å². The van der Waals surface area contributed by atoms with Crippen LogP contribution in [0.4, 0.5) is 16.2 Å². The van der Waals surface area contributed by atoms with Gasteiger partial charge in [-0.15, -0.1) is 0 Å². The number of hydrogen-bond acceptors (Lipinski definition) is 2. The summed E-state index contributed by atoms with van der Waals surface area (Å²) in [6.07, 6.45) is -0.899. The van der Waals surface area contributed by atoms with Gasteiger partial charge < -0.3 is 16.0 Å². The van der Waals surface area contributed by atoms with Gasteiger partial charge in [-0.1, -0.05) is 71.2 Å². The van der Waals surface area contributed by atoms with Gasteiger partial charge in [0, 0.05) is 11.4 Å². The van der Waals surface area contributed by atoms with Gasteiger partial charge in [-0.2, -0.15) is 0 Å². The molecule has 3 N–H and O–H groups in total. The Morgan fingerprint density at radius 2 is 1.36 bits per heavy atom. The lowest BCUT2D eigenvalue weighted by molar-refractivity contribution is 0.249. The number of rotatable bonds is 4. The molecule has 0 spiro atoms. The molecule has 116 valence electrons. The maximum Gasteiger partial charge on any atom is 0.320 e. The van der Waals surface area contributed by atoms with Crippen LogP contribution in [-0.4, -0.2) is 16.0 Å². The summed E-state index contributed by atoms with van der Waals surface area (Å²) in [5.41, 5.74) is 1.36. The van der Waals surface area contributed by atoms with Crippen LogP contribution in [0, 0.1) is 0 Å². The highest BCUT2D eigenvalue weighted by molar-refractivity contribution is 6.68. The fraction of sp³-hybridized carbons (Fsp3) is 0.133. The minimum absolute atomic E-state index is 0.481. The Labute approximate surface area is 143 Å². The molecule has 2 rings (SSSR count). The van der Waals surface area contributed by atoms with Gasteiger partial charge in [0.25, 0.3) is 0 Å². The second-order valence-corrected chi connectivity index (χ2v) is 6.82. The van der Waals surface area contributed by atoms with Crippen LogP contribution in [0.25, 0.3) is 0 Å². The molecule has 7 heteroatoms. The Morgan fingerprint density at radius 3 is 1.86 bits per heavy atom. The van der Waals surface area contributed by atoms with Crippen LogP contribution in [0.1, 0.15) is 0 Å². The molecular formula is C15H14Cl3N3O. The quantitative estimate of drug-likeness (QED) is 0.552. The average molecular weight is 359 g/mol. The summed E-state index contributed by atoms with van der Waals surface area (Å²) in [5, 5.41) is 8.23. The van der Waals surface area contributed by atoms with Crippen molar-refractivity contribution in [1.82, 2.24) is 5.32 Å². The highest BCUT2D eigenvalue weighted by atomic mass is 35.6. The molecule has 22 heavy (non-hydrogen) atoms. The summed E-state index contributed by atoms with van der Waals surface area (Å²) in [7, 11) is 0. The van der Waals surface area contributed by atoms with E-state index in [2.05, 4.69) is 16.0 Å². The lowest BCUT2D eigenvalue weighted by Crippen LogP contribution is -2.50. The second-order valence-electron chi connectivity index (χ2n) is 4.45. The fourth-order valence-electron chi connectivity index (χ4n) is 1.72. The number of benzene rings is 2. The SMILES string of the molecule is O=C(Nc1ccccc1)N[C@H](Nc1ccccc1)C(Cl)(Cl)Cl. The van der Waals surface area contributed by atoms with Gasteiger partial charge in [0.1, 0.15) is 6.17 Å². The predicted octanol–water partition coefficient (Wildman–Crippen LogP) is 4.62. The van der Waals surface area contributed by atoms with Gasteiger partial charge in [-0.25, -0.2) is 4.79 Å². The van der Waals surface area contributed by atoms with Crippen molar-refractivity contribution in [2.75, 3.05) is 10.6 Å². The lowest BCUT2D eigenvalue weighted by atomic mass is 10.3. The summed E-state index contributed by atoms with van der Waals surface area (Å²) < 4.78 is -1.72. The van der Waals surface area contributed by atoms with E-state index >= 15 is 0 Å². The Kier molecular flexibility index (Phi) is 5.77. The van der Waals surface area contributed by atoms with E-state index in [1.807, 2.05) is 36.4 Å². The fourth-order valence-corrected chi connectivity index (χ4v) is 2.05. The summed E-state index contributed by atoms with van der Waals surface area (Å²) >= 11 is 17.8. The third-order valence-corrected chi connectivity index (χ3v) is 3.37. The Hall–Kier alpha value is -1.62. The van der Waals surface area contributed by atoms with E-state index in [1.54, 1.807) is 24.3 Å². The number of hydrogen-bond donors (Lipinski definition) is 3. The number of nitrogens with one attached hydrogen (secondary N) is 3. The van der Waals surface area contributed by atoms with Gasteiger partial charge in [0.15, 0.2) is 0 Å². The van der Waals surface area contributed by atoms with E-state index in [4.69, 9.17) is 34.8 Å². The lowest BCUT2D eigenvalue weighted by Gasteiger charge is -2.27. The van der Waals surface area contributed by atoms with Crippen molar-refractivity contribution in [2.24, 2.45) is 0 Å². The van der Waals surface area contributed by atoms with E-state index in [0.717, 1.165) is 5.69 Å². The van der Waals surface area contributed by atoms with E-state index < -0.39 is 16.0 Å². The Balaban J connectivity index is 2.02. The minimum atomic E-state index is -1.72. The molecular weight excluding hydrogens is 345 g/mol. The van der Waals surface area contributed by atoms with Gasteiger partial charge in [-0.05, 0) is 24.3 Å². The minimum Gasteiger partial charge on any atom is -0.362 e. The molecule has 0 aliphatic heterocycles. The van der Waals surface area contributed by atoms with E-state index in [1.165, 1.54) is 0 Å². The number of carbonyl (C=O) groups is 1. The number of anilines is 2. The third-order valence-electron chi connectivity index (χ3n) is 2.72. The summed E-state index contributed by atoms with van der Waals surface area (Å²) in [6, 6.07) is 17.7. The summed E-state index contributed by atoms with van der Waals surface area (Å²) in [4.78, 5) is 12.0. The van der Waals surface area contributed by atoms with Crippen molar-refractivity contribution in [2.45, 2.75) is 9.96 Å². The molecule has 2 amide bonds. The third kappa shape index (κ3) is 5.30. The monoisotopic (exact) mass is 357 g/mol. The van der Waals surface area contributed by atoms with Crippen LogP contribution in [0.2, 0.25) is 0 Å². The average Bonchev–Trinajstić information content (AvgIpc) is 2.48. The molecule has 4 nitrogen and oxygen atoms in total. The summed E-state index contributed by atoms with van der Waals surface area (Å²) in [6.45, 7) is 0. The van der Waals surface area contributed by atoms with Gasteiger partial charge in [0.05, 0.1) is 0 Å². The number of amides is 2. The molecule has 0 heterocycles. The molecule has 1 atom stereocenters. The topological polar surface area (TPSA) is 53.2 Å². The first-order chi connectivity index (χ1) is 10.4. The largest absolute Gasteiger partial charge is 0.362 e. The summed E-state index contributed by atoms with van der Waals surface area (Å²) in [5.74, 6) is 0. The van der Waals surface area contributed by atoms with Crippen LogP contribution < -0.4 is 16.0 Å². The molecule has 0 bridgehead atoms. The van der Waals surface area contributed by atoms with Crippen molar-refractivity contribution in [3.05, 3.63) is 60.7 Å². The molecule has 0 unspecified atom stereocenters. The molecule has 2 aromatic rings. The maximum atomic E-state index is 12.0. The molecule has 2 aromatic carbocycles. The maximum absolute atomic E-state index is 12.0. The highest BCUT2D eigenvalue weighted by Gasteiger charge is 2.34. The first-order valence-electron chi connectivity index (χ1n) is 6.46. The Morgan fingerprint density at radius 1 is 0.864 bits per heavy atom. The van der Waals surface area contributed by atoms with Crippen molar-refractivity contribution < 1.29 is 4.79 Å². The van der Waals surface area contributed by atoms with Crippen LogP contribution in [-0.2, 0) is 0 Å². The zero-order valence-electron chi connectivity index (χ0n) is 11.4. The van der Waals surface area contributed by atoms with E-state index in [-0.39, 0.29) is 0 Å². The number of urea groups is 1. The second kappa shape index (κ2) is 7.58. The number of para-hydroxylation sites is 2. The number of halogens is 3. The molecule has 0 saturated heterocycles. The standard InChI is InChI=1S/C15H14Cl3N3O/c16-15(17,18)13(19-11-7-3-1-4-8-11)21-14(22)20-12-9-5-2-6-10-12/h1-10,13,19H,(H2,20,21,22)/t13-/m0/s1. The van der Waals surface area contributed by atoms with Crippen molar-refractivity contribution in [3.8, 4) is 0 Å². The first kappa shape index (κ1) is 16.7. The zero-order chi connectivity index (χ0) is 16.0. The molecule has 0 aliphatic rings. The van der Waals surface area contributed by atoms with Gasteiger partial charge >= 0.3 is 6.03 Å². The predicted molar refractivity (Wildman–Crippen MR) is 92.7 cm³/mol. The number of alkyl halides is 3. The first-order valence-corrected chi connectivity index (χ1v) is 7.59. The van der Waals surface area contributed by atoms with Crippen LogP contribution >= 0.6 is 34.8 Å². The van der Waals surface area contributed by atoms with Crippen molar-refractivity contribution in [3.63, 3.8) is 0 Å². The van der Waals surface area contributed by atoms with Crippen LogP contribution in [0.5, 0.6) is 0 Å². The van der Waals surface area contributed by atoms with Gasteiger partial charge in [-0.3, -0.25) is 0 Å². The van der Waals surface area contributed by atoms with E-state index in [0.29, 0.717) is 5.69 Å². The molecule has 0 aliphatic carbocycles. The molecule has 0 aromatic heterocycles. The van der Waals surface area contributed by atoms with Gasteiger partial charge in [0.2, 0.25) is 3.79 Å².